The van der Waals surface area contributed by atoms with Gasteiger partial charge in [0.15, 0.2) is 5.82 Å². The van der Waals surface area contributed by atoms with Crippen molar-refractivity contribution in [3.63, 3.8) is 0 Å². The number of anilines is 3. The number of nitrogens with one attached hydrogen (secondary N) is 2. The summed E-state index contributed by atoms with van der Waals surface area (Å²) >= 11 is 6.32. The van der Waals surface area contributed by atoms with Crippen molar-refractivity contribution in [2.24, 2.45) is 14.1 Å². The first-order valence-corrected chi connectivity index (χ1v) is 9.49. The summed E-state index contributed by atoms with van der Waals surface area (Å²) in [5, 5.41) is 15.3. The van der Waals surface area contributed by atoms with Gasteiger partial charge < -0.3 is 10.6 Å². The molecule has 1 unspecified atom stereocenters. The van der Waals surface area contributed by atoms with Crippen LogP contribution < -0.4 is 10.6 Å². The van der Waals surface area contributed by atoms with Crippen LogP contribution in [-0.2, 0) is 14.1 Å². The van der Waals surface area contributed by atoms with Gasteiger partial charge in [-0.05, 0) is 24.1 Å². The molecule has 0 aliphatic rings. The second-order valence-corrected chi connectivity index (χ2v) is 7.22. The van der Waals surface area contributed by atoms with Gasteiger partial charge in [-0.1, -0.05) is 29.8 Å². The Morgan fingerprint density at radius 1 is 1.00 bits per heavy atom. The largest absolute Gasteiger partial charge is 0.362 e. The number of nitrogens with zero attached hydrogens (tertiary/aromatic N) is 6. The van der Waals surface area contributed by atoms with Crippen LogP contribution in [0.25, 0.3) is 11.1 Å². The van der Waals surface area contributed by atoms with Gasteiger partial charge in [0.1, 0.15) is 5.02 Å². The van der Waals surface area contributed by atoms with E-state index in [1.807, 2.05) is 38.8 Å². The fraction of sp³-hybridized carbons (Fsp3) is 0.200. The molecule has 1 aromatic carbocycles. The molecule has 0 saturated carbocycles. The summed E-state index contributed by atoms with van der Waals surface area (Å²) in [5.74, 6) is 1.01. The van der Waals surface area contributed by atoms with Crippen molar-refractivity contribution >= 4 is 29.1 Å². The summed E-state index contributed by atoms with van der Waals surface area (Å²) in [6.45, 7) is 2.06. The number of rotatable bonds is 6. The monoisotopic (exact) mass is 408 g/mol. The van der Waals surface area contributed by atoms with Crippen molar-refractivity contribution in [2.75, 3.05) is 10.6 Å². The van der Waals surface area contributed by atoms with E-state index >= 15 is 0 Å². The van der Waals surface area contributed by atoms with Crippen molar-refractivity contribution in [1.29, 1.82) is 0 Å². The van der Waals surface area contributed by atoms with Crippen LogP contribution in [0.1, 0.15) is 18.5 Å². The number of hydrogen-bond acceptors (Lipinski definition) is 6. The van der Waals surface area contributed by atoms with E-state index in [0.29, 0.717) is 16.8 Å². The predicted octanol–water partition coefficient (Wildman–Crippen LogP) is 4.18. The summed E-state index contributed by atoms with van der Waals surface area (Å²) in [7, 11) is 3.76. The minimum Gasteiger partial charge on any atom is -0.362 e. The van der Waals surface area contributed by atoms with Gasteiger partial charge in [0.25, 0.3) is 0 Å². The van der Waals surface area contributed by atoms with Gasteiger partial charge in [0, 0.05) is 32.1 Å². The molecule has 3 heterocycles. The maximum atomic E-state index is 6.32. The van der Waals surface area contributed by atoms with Gasteiger partial charge >= 0.3 is 0 Å². The Morgan fingerprint density at radius 2 is 1.79 bits per heavy atom. The lowest BCUT2D eigenvalue weighted by molar-refractivity contribution is 0.768. The second-order valence-electron chi connectivity index (χ2n) is 6.81. The van der Waals surface area contributed by atoms with E-state index in [4.69, 9.17) is 11.6 Å². The van der Waals surface area contributed by atoms with Crippen LogP contribution in [0.5, 0.6) is 0 Å². The molecule has 148 valence electrons. The van der Waals surface area contributed by atoms with Crippen LogP contribution in [0.4, 0.5) is 17.5 Å². The van der Waals surface area contributed by atoms with E-state index in [-0.39, 0.29) is 6.04 Å². The number of benzene rings is 1. The van der Waals surface area contributed by atoms with E-state index < -0.39 is 0 Å². The Morgan fingerprint density at radius 3 is 2.52 bits per heavy atom. The molecule has 1 atom stereocenters. The number of aryl methyl sites for hydroxylation is 2. The molecule has 0 bridgehead atoms. The number of halogens is 1. The van der Waals surface area contributed by atoms with Crippen LogP contribution in [0.15, 0.2) is 55.2 Å². The Hall–Kier alpha value is -3.39. The zero-order chi connectivity index (χ0) is 20.4. The minimum atomic E-state index is -0.00902. The van der Waals surface area contributed by atoms with E-state index in [0.717, 1.165) is 22.4 Å². The molecule has 0 aliphatic carbocycles. The molecule has 0 fully saturated rings. The van der Waals surface area contributed by atoms with E-state index in [9.17, 15) is 0 Å². The molecule has 2 N–H and O–H groups in total. The number of aromatic nitrogens is 6. The molecule has 0 aliphatic heterocycles. The van der Waals surface area contributed by atoms with Gasteiger partial charge in [-0.15, -0.1) is 0 Å². The summed E-state index contributed by atoms with van der Waals surface area (Å²) in [6.07, 6.45) is 8.98. The molecule has 0 amide bonds. The van der Waals surface area contributed by atoms with Gasteiger partial charge in [-0.3, -0.25) is 9.36 Å². The fourth-order valence-electron chi connectivity index (χ4n) is 2.99. The highest BCUT2D eigenvalue weighted by atomic mass is 35.5. The molecule has 9 heteroatoms. The number of hydrogen-bond donors (Lipinski definition) is 2. The topological polar surface area (TPSA) is 85.5 Å². The van der Waals surface area contributed by atoms with Crippen LogP contribution in [0, 0.1) is 0 Å². The first kappa shape index (κ1) is 18.9. The molecule has 3 aromatic heterocycles. The molecule has 0 radical (unpaired) electrons. The van der Waals surface area contributed by atoms with Crippen LogP contribution in [0.2, 0.25) is 5.02 Å². The highest BCUT2D eigenvalue weighted by molar-refractivity contribution is 6.32. The maximum Gasteiger partial charge on any atom is 0.229 e. The van der Waals surface area contributed by atoms with Gasteiger partial charge in [0.2, 0.25) is 5.95 Å². The van der Waals surface area contributed by atoms with Crippen LogP contribution >= 0.6 is 11.6 Å². The normalized spacial score (nSPS) is 12.0. The standard InChI is InChI=1S/C20H21ClN8/c1-13(14-5-4-6-15(7-14)16-8-23-28(2)11-16)25-19-18(21)10-22-20(27-19)26-17-9-24-29(3)12-17/h4-13H,1-3H3,(H2,22,25,26,27). The second kappa shape index (κ2) is 7.92. The van der Waals surface area contributed by atoms with Gasteiger partial charge in [0.05, 0.1) is 30.3 Å². The minimum absolute atomic E-state index is 0.00902. The fourth-order valence-corrected chi connectivity index (χ4v) is 3.14. The zero-order valence-corrected chi connectivity index (χ0v) is 17.1. The summed E-state index contributed by atoms with van der Waals surface area (Å²) < 4.78 is 3.50. The highest BCUT2D eigenvalue weighted by Crippen LogP contribution is 2.28. The molecule has 29 heavy (non-hydrogen) atoms. The molecule has 4 rings (SSSR count). The lowest BCUT2D eigenvalue weighted by Gasteiger charge is -2.17. The highest BCUT2D eigenvalue weighted by Gasteiger charge is 2.12. The van der Waals surface area contributed by atoms with Crippen molar-refractivity contribution in [3.05, 3.63) is 65.8 Å². The van der Waals surface area contributed by atoms with Crippen molar-refractivity contribution < 1.29 is 0 Å². The Kier molecular flexibility index (Phi) is 5.18. The first-order valence-electron chi connectivity index (χ1n) is 9.11. The third-order valence-corrected chi connectivity index (χ3v) is 4.76. The van der Waals surface area contributed by atoms with Crippen molar-refractivity contribution in [2.45, 2.75) is 13.0 Å². The lowest BCUT2D eigenvalue weighted by Crippen LogP contribution is -2.10. The van der Waals surface area contributed by atoms with Crippen molar-refractivity contribution in [3.8, 4) is 11.1 Å². The summed E-state index contributed by atoms with van der Waals surface area (Å²) in [6, 6.07) is 8.30. The Balaban J connectivity index is 1.53. The van der Waals surface area contributed by atoms with Gasteiger partial charge in [-0.2, -0.15) is 15.2 Å². The van der Waals surface area contributed by atoms with E-state index in [1.165, 1.54) is 0 Å². The average molecular weight is 409 g/mol. The molecular formula is C20H21ClN8. The third-order valence-electron chi connectivity index (χ3n) is 4.48. The molecule has 0 saturated heterocycles. The SMILES string of the molecule is CC(Nc1nc(Nc2cnn(C)c2)ncc1Cl)c1cccc(-c2cnn(C)c2)c1. The molecule has 4 aromatic rings. The van der Waals surface area contributed by atoms with E-state index in [2.05, 4.69) is 55.9 Å². The van der Waals surface area contributed by atoms with E-state index in [1.54, 1.807) is 21.8 Å². The van der Waals surface area contributed by atoms with Gasteiger partial charge in [-0.25, -0.2) is 4.98 Å². The third kappa shape index (κ3) is 4.38. The van der Waals surface area contributed by atoms with Crippen molar-refractivity contribution in [1.82, 2.24) is 29.5 Å². The summed E-state index contributed by atoms with van der Waals surface area (Å²) in [5.41, 5.74) is 4.10. The maximum absolute atomic E-state index is 6.32. The molecule has 8 nitrogen and oxygen atoms in total. The average Bonchev–Trinajstić information content (AvgIpc) is 3.32. The smallest absolute Gasteiger partial charge is 0.229 e. The first-order chi connectivity index (χ1) is 14.0. The van der Waals surface area contributed by atoms with Crippen LogP contribution in [-0.4, -0.2) is 29.5 Å². The summed E-state index contributed by atoms with van der Waals surface area (Å²) in [4.78, 5) is 8.75. The Labute approximate surface area is 173 Å². The van der Waals surface area contributed by atoms with Crippen LogP contribution in [0.3, 0.4) is 0 Å². The molecule has 0 spiro atoms. The zero-order valence-electron chi connectivity index (χ0n) is 16.3. The predicted molar refractivity (Wildman–Crippen MR) is 114 cm³/mol. The Bertz CT molecular complexity index is 1130. The molecular weight excluding hydrogens is 388 g/mol. The lowest BCUT2D eigenvalue weighted by atomic mass is 10.0. The quantitative estimate of drug-likeness (QED) is 0.497.